The lowest BCUT2D eigenvalue weighted by Gasteiger charge is -2.11. The summed E-state index contributed by atoms with van der Waals surface area (Å²) in [5.74, 6) is 0.649. The number of aromatic nitrogens is 2. The number of anilines is 1. The van der Waals surface area contributed by atoms with Gasteiger partial charge in [-0.1, -0.05) is 23.7 Å². The van der Waals surface area contributed by atoms with Crippen LogP contribution in [0.1, 0.15) is 12.7 Å². The topological polar surface area (TPSA) is 50.5 Å². The number of nitrogens with zero attached hydrogens (tertiary/aromatic N) is 4. The van der Waals surface area contributed by atoms with Crippen LogP contribution < -0.4 is 5.01 Å². The van der Waals surface area contributed by atoms with Crippen molar-refractivity contribution in [1.29, 1.82) is 0 Å². The van der Waals surface area contributed by atoms with Gasteiger partial charge in [-0.05, 0) is 50.2 Å². The van der Waals surface area contributed by atoms with E-state index >= 15 is 0 Å². The molecule has 25 heavy (non-hydrogen) atoms. The number of amides is 1. The summed E-state index contributed by atoms with van der Waals surface area (Å²) >= 11 is 5.92. The summed E-state index contributed by atoms with van der Waals surface area (Å²) < 4.78 is 1.92. The van der Waals surface area contributed by atoms with Crippen LogP contribution in [-0.4, -0.2) is 21.2 Å². The first kappa shape index (κ1) is 15.6. The molecule has 0 radical (unpaired) electrons. The average Bonchev–Trinajstić information content (AvgIpc) is 3.07. The van der Waals surface area contributed by atoms with E-state index in [0.717, 1.165) is 16.9 Å². The van der Waals surface area contributed by atoms with Gasteiger partial charge in [0.25, 0.3) is 5.91 Å². The van der Waals surface area contributed by atoms with E-state index in [0.29, 0.717) is 22.0 Å². The molecule has 0 unspecified atom stereocenters. The van der Waals surface area contributed by atoms with Crippen LogP contribution >= 0.6 is 11.6 Å². The van der Waals surface area contributed by atoms with Gasteiger partial charge >= 0.3 is 0 Å². The number of halogens is 1. The highest BCUT2D eigenvalue weighted by atomic mass is 35.5. The highest BCUT2D eigenvalue weighted by Gasteiger charge is 2.29. The first-order valence-corrected chi connectivity index (χ1v) is 8.23. The molecule has 5 nitrogen and oxygen atoms in total. The van der Waals surface area contributed by atoms with Crippen molar-refractivity contribution in [2.24, 2.45) is 5.10 Å². The Bertz CT molecular complexity index is 1050. The normalized spacial score (nSPS) is 16.1. The Balaban J connectivity index is 1.77. The minimum Gasteiger partial charge on any atom is -0.302 e. The maximum absolute atomic E-state index is 12.9. The molecule has 124 valence electrons. The summed E-state index contributed by atoms with van der Waals surface area (Å²) in [5.41, 5.74) is 3.74. The lowest BCUT2D eigenvalue weighted by Crippen LogP contribution is -2.21. The molecule has 0 N–H and O–H groups in total. The summed E-state index contributed by atoms with van der Waals surface area (Å²) in [4.78, 5) is 17.4. The molecule has 1 amide bonds. The Morgan fingerprint density at radius 2 is 1.76 bits per heavy atom. The Kier molecular flexibility index (Phi) is 3.66. The zero-order chi connectivity index (χ0) is 17.6. The summed E-state index contributed by atoms with van der Waals surface area (Å²) in [5, 5.41) is 6.41. The molecule has 0 bridgehead atoms. The maximum atomic E-state index is 12.9. The van der Waals surface area contributed by atoms with Crippen LogP contribution in [0.2, 0.25) is 5.02 Å². The smallest absolute Gasteiger partial charge is 0.282 e. The summed E-state index contributed by atoms with van der Waals surface area (Å²) in [6, 6.07) is 14.9. The zero-order valence-electron chi connectivity index (χ0n) is 13.8. The SMILES string of the molecule is CC1=NN(c2ccc(Cl)cc2)C(=O)/C1=C/n1c(C)nc2ccccc21. The van der Waals surface area contributed by atoms with Crippen molar-refractivity contribution in [2.45, 2.75) is 13.8 Å². The predicted octanol–water partition coefficient (Wildman–Crippen LogP) is 4.26. The number of aryl methyl sites for hydroxylation is 1. The number of hydrogen-bond donors (Lipinski definition) is 0. The van der Waals surface area contributed by atoms with Crippen LogP contribution in [0.3, 0.4) is 0 Å². The molecule has 1 aliphatic heterocycles. The first-order valence-electron chi connectivity index (χ1n) is 7.85. The Morgan fingerprint density at radius 1 is 1.04 bits per heavy atom. The van der Waals surface area contributed by atoms with Gasteiger partial charge in [-0.25, -0.2) is 4.98 Å². The van der Waals surface area contributed by atoms with Gasteiger partial charge < -0.3 is 4.57 Å². The lowest BCUT2D eigenvalue weighted by atomic mass is 10.2. The summed E-state index contributed by atoms with van der Waals surface area (Å²) in [6.45, 7) is 3.74. The molecular weight excluding hydrogens is 336 g/mol. The zero-order valence-corrected chi connectivity index (χ0v) is 14.5. The van der Waals surface area contributed by atoms with Crippen molar-refractivity contribution in [3.63, 3.8) is 0 Å². The monoisotopic (exact) mass is 350 g/mol. The number of benzene rings is 2. The van der Waals surface area contributed by atoms with E-state index in [9.17, 15) is 4.79 Å². The molecule has 0 spiro atoms. The highest BCUT2D eigenvalue weighted by Crippen LogP contribution is 2.26. The van der Waals surface area contributed by atoms with E-state index in [4.69, 9.17) is 11.6 Å². The molecule has 2 heterocycles. The quantitative estimate of drug-likeness (QED) is 0.648. The van der Waals surface area contributed by atoms with Gasteiger partial charge in [-0.3, -0.25) is 4.79 Å². The lowest BCUT2D eigenvalue weighted by molar-refractivity contribution is -0.114. The van der Waals surface area contributed by atoms with Crippen molar-refractivity contribution in [3.8, 4) is 0 Å². The second-order valence-corrected chi connectivity index (χ2v) is 6.28. The third kappa shape index (κ3) is 2.62. The standard InChI is InChI=1S/C19H15ClN4O/c1-12-16(11-23-13(2)21-17-5-3-4-6-18(17)23)19(25)24(22-12)15-9-7-14(20)8-10-15/h3-11H,1-2H3/b16-11+. The average molecular weight is 351 g/mol. The van der Waals surface area contributed by atoms with Crippen molar-refractivity contribution in [3.05, 3.63) is 65.0 Å². The third-order valence-electron chi connectivity index (χ3n) is 4.16. The molecule has 0 aliphatic carbocycles. The fourth-order valence-corrected chi connectivity index (χ4v) is 3.01. The minimum atomic E-state index is -0.169. The van der Waals surface area contributed by atoms with E-state index in [1.165, 1.54) is 5.01 Å². The van der Waals surface area contributed by atoms with E-state index < -0.39 is 0 Å². The van der Waals surface area contributed by atoms with Crippen LogP contribution in [0.5, 0.6) is 0 Å². The fourth-order valence-electron chi connectivity index (χ4n) is 2.88. The van der Waals surface area contributed by atoms with Crippen molar-refractivity contribution in [1.82, 2.24) is 9.55 Å². The van der Waals surface area contributed by atoms with Gasteiger partial charge in [-0.2, -0.15) is 10.1 Å². The van der Waals surface area contributed by atoms with Crippen LogP contribution in [0.15, 0.2) is 59.2 Å². The van der Waals surface area contributed by atoms with E-state index in [1.807, 2.05) is 48.9 Å². The Labute approximate surface area is 149 Å². The number of carbonyl (C=O) groups is 1. The molecule has 3 aromatic rings. The van der Waals surface area contributed by atoms with Gasteiger partial charge in [0.15, 0.2) is 0 Å². The molecule has 4 rings (SSSR count). The Hall–Kier alpha value is -2.92. The van der Waals surface area contributed by atoms with Gasteiger partial charge in [0.1, 0.15) is 5.82 Å². The van der Waals surface area contributed by atoms with Crippen molar-refractivity contribution >= 4 is 46.1 Å². The molecule has 0 saturated carbocycles. The van der Waals surface area contributed by atoms with Crippen LogP contribution in [0, 0.1) is 6.92 Å². The second kappa shape index (κ2) is 5.86. The van der Waals surface area contributed by atoms with Crippen LogP contribution in [-0.2, 0) is 4.79 Å². The van der Waals surface area contributed by atoms with Crippen LogP contribution in [0.4, 0.5) is 5.69 Å². The van der Waals surface area contributed by atoms with Gasteiger partial charge in [0.2, 0.25) is 0 Å². The molecular formula is C19H15ClN4O. The first-order chi connectivity index (χ1) is 12.0. The maximum Gasteiger partial charge on any atom is 0.282 e. The molecule has 0 fully saturated rings. The molecule has 1 aromatic heterocycles. The number of fused-ring (bicyclic) bond motifs is 1. The van der Waals surface area contributed by atoms with Crippen molar-refractivity contribution in [2.75, 3.05) is 5.01 Å². The fraction of sp³-hybridized carbons (Fsp3) is 0.105. The second-order valence-electron chi connectivity index (χ2n) is 5.84. The summed E-state index contributed by atoms with van der Waals surface area (Å²) in [7, 11) is 0. The van der Waals surface area contributed by atoms with Crippen molar-refractivity contribution < 1.29 is 4.79 Å². The van der Waals surface area contributed by atoms with E-state index in [1.54, 1.807) is 24.3 Å². The van der Waals surface area contributed by atoms with E-state index in [-0.39, 0.29) is 5.91 Å². The predicted molar refractivity (Wildman–Crippen MR) is 101 cm³/mol. The summed E-state index contributed by atoms with van der Waals surface area (Å²) in [6.07, 6.45) is 1.81. The number of imidazole rings is 1. The van der Waals surface area contributed by atoms with E-state index in [2.05, 4.69) is 10.1 Å². The number of carbonyl (C=O) groups excluding carboxylic acids is 1. The number of para-hydroxylation sites is 2. The van der Waals surface area contributed by atoms with Gasteiger partial charge in [-0.15, -0.1) is 0 Å². The Morgan fingerprint density at radius 3 is 2.52 bits per heavy atom. The molecule has 1 aliphatic rings. The minimum absolute atomic E-state index is 0.169. The number of rotatable bonds is 2. The largest absolute Gasteiger partial charge is 0.302 e. The third-order valence-corrected chi connectivity index (χ3v) is 4.42. The molecule has 2 aromatic carbocycles. The van der Waals surface area contributed by atoms with Gasteiger partial charge in [0, 0.05) is 11.2 Å². The molecule has 0 atom stereocenters. The highest BCUT2D eigenvalue weighted by molar-refractivity contribution is 6.32. The van der Waals surface area contributed by atoms with Crippen LogP contribution in [0.25, 0.3) is 17.2 Å². The number of hydrazone groups is 1. The van der Waals surface area contributed by atoms with Gasteiger partial charge in [0.05, 0.1) is 28.0 Å². The molecule has 0 saturated heterocycles. The number of hydrogen-bond acceptors (Lipinski definition) is 3. The molecule has 6 heteroatoms.